The summed E-state index contributed by atoms with van der Waals surface area (Å²) in [7, 11) is 1.58. The number of carbonyl (C=O) groups is 1. The van der Waals surface area contributed by atoms with E-state index in [1.807, 2.05) is 13.0 Å². The van der Waals surface area contributed by atoms with Crippen LogP contribution in [-0.2, 0) is 11.3 Å². The van der Waals surface area contributed by atoms with Gasteiger partial charge in [-0.3, -0.25) is 4.79 Å². The number of pyridine rings is 1. The molecule has 1 aliphatic heterocycles. The Bertz CT molecular complexity index is 479. The van der Waals surface area contributed by atoms with Crippen LogP contribution in [0.5, 0.6) is 5.88 Å². The van der Waals surface area contributed by atoms with Crippen LogP contribution in [0.4, 0.5) is 0 Å². The molecule has 1 aliphatic rings. The Balaban J connectivity index is 1.93. The molecule has 1 aromatic rings. The predicted molar refractivity (Wildman–Crippen MR) is 73.4 cm³/mol. The molecule has 1 aromatic heterocycles. The maximum atomic E-state index is 11.1. The molecule has 0 bridgehead atoms. The second-order valence-corrected chi connectivity index (χ2v) is 5.07. The lowest BCUT2D eigenvalue weighted by Crippen LogP contribution is -2.35. The normalized spacial score (nSPS) is 18.5. The molecule has 1 atom stereocenters. The van der Waals surface area contributed by atoms with Gasteiger partial charge in [0.2, 0.25) is 11.8 Å². The molecule has 0 radical (unpaired) electrons. The molecule has 0 unspecified atom stereocenters. The van der Waals surface area contributed by atoms with Gasteiger partial charge in [-0.2, -0.15) is 0 Å². The largest absolute Gasteiger partial charge is 0.481 e. The molecule has 6 heteroatoms. The van der Waals surface area contributed by atoms with Crippen LogP contribution in [0.2, 0.25) is 5.15 Å². The molecule has 2 N–H and O–H groups in total. The smallest absolute Gasteiger partial charge is 0.220 e. The van der Waals surface area contributed by atoms with Gasteiger partial charge in [-0.15, -0.1) is 0 Å². The fraction of sp³-hybridized carbons (Fsp3) is 0.538. The monoisotopic (exact) mass is 283 g/mol. The summed E-state index contributed by atoms with van der Waals surface area (Å²) in [5.41, 5.74) is 2.04. The van der Waals surface area contributed by atoms with Gasteiger partial charge in [0, 0.05) is 31.1 Å². The molecule has 0 aromatic carbocycles. The zero-order chi connectivity index (χ0) is 13.8. The van der Waals surface area contributed by atoms with E-state index in [-0.39, 0.29) is 11.9 Å². The number of hydrogen-bond donors (Lipinski definition) is 2. The molecule has 1 fully saturated rings. The maximum Gasteiger partial charge on any atom is 0.220 e. The zero-order valence-corrected chi connectivity index (χ0v) is 11.9. The van der Waals surface area contributed by atoms with E-state index in [4.69, 9.17) is 16.3 Å². The number of nitrogens with one attached hydrogen (secondary N) is 2. The van der Waals surface area contributed by atoms with E-state index >= 15 is 0 Å². The number of carbonyl (C=O) groups excluding carboxylic acids is 1. The number of halogens is 1. The van der Waals surface area contributed by atoms with Crippen LogP contribution in [0.1, 0.15) is 24.0 Å². The molecular weight excluding hydrogens is 266 g/mol. The average Bonchev–Trinajstić information content (AvgIpc) is 2.77. The van der Waals surface area contributed by atoms with E-state index in [2.05, 4.69) is 15.6 Å². The molecule has 0 aliphatic carbocycles. The highest BCUT2D eigenvalue weighted by Crippen LogP contribution is 2.22. The summed E-state index contributed by atoms with van der Waals surface area (Å²) in [5.74, 6) is 0.682. The van der Waals surface area contributed by atoms with Gasteiger partial charge in [-0.25, -0.2) is 4.98 Å². The van der Waals surface area contributed by atoms with Crippen molar-refractivity contribution < 1.29 is 9.53 Å². The highest BCUT2D eigenvalue weighted by Gasteiger charge is 2.20. The predicted octanol–water partition coefficient (Wildman–Crippen LogP) is 1.42. The van der Waals surface area contributed by atoms with Crippen molar-refractivity contribution >= 4 is 17.5 Å². The number of rotatable bonds is 5. The lowest BCUT2D eigenvalue weighted by atomic mass is 10.1. The SMILES string of the molecule is COc1nc(Cl)cc(C)c1CNC[C@@H]1CCC(=O)N1. The number of nitrogens with zero attached hydrogens (tertiary/aromatic N) is 1. The summed E-state index contributed by atoms with van der Waals surface area (Å²) in [4.78, 5) is 15.2. The first-order valence-corrected chi connectivity index (χ1v) is 6.68. The number of ether oxygens (including phenoxy) is 1. The lowest BCUT2D eigenvalue weighted by Gasteiger charge is -2.14. The van der Waals surface area contributed by atoms with Crippen LogP contribution in [0, 0.1) is 6.92 Å². The Morgan fingerprint density at radius 2 is 2.42 bits per heavy atom. The average molecular weight is 284 g/mol. The lowest BCUT2D eigenvalue weighted by molar-refractivity contribution is -0.119. The summed E-state index contributed by atoms with van der Waals surface area (Å²) in [6, 6.07) is 2.04. The van der Waals surface area contributed by atoms with Crippen molar-refractivity contribution in [1.29, 1.82) is 0 Å². The minimum absolute atomic E-state index is 0.133. The van der Waals surface area contributed by atoms with Crippen molar-refractivity contribution in [2.75, 3.05) is 13.7 Å². The third-order valence-corrected chi connectivity index (χ3v) is 3.44. The minimum atomic E-state index is 0.133. The molecule has 19 heavy (non-hydrogen) atoms. The Labute approximate surface area is 117 Å². The molecule has 2 rings (SSSR count). The van der Waals surface area contributed by atoms with Gasteiger partial charge >= 0.3 is 0 Å². The van der Waals surface area contributed by atoms with E-state index in [9.17, 15) is 4.79 Å². The fourth-order valence-corrected chi connectivity index (χ4v) is 2.46. The standard InChI is InChI=1S/C13H18ClN3O2/c1-8-5-11(14)17-13(19-2)10(8)7-15-6-9-3-4-12(18)16-9/h5,9,15H,3-4,6-7H2,1-2H3,(H,16,18)/t9-/m0/s1. The van der Waals surface area contributed by atoms with Gasteiger partial charge in [-0.05, 0) is 25.0 Å². The minimum Gasteiger partial charge on any atom is -0.481 e. The summed E-state index contributed by atoms with van der Waals surface area (Å²) in [6.45, 7) is 3.37. The van der Waals surface area contributed by atoms with Crippen LogP contribution in [0.15, 0.2) is 6.07 Å². The quantitative estimate of drug-likeness (QED) is 0.802. The van der Waals surface area contributed by atoms with Crippen LogP contribution >= 0.6 is 11.6 Å². The van der Waals surface area contributed by atoms with Crippen LogP contribution < -0.4 is 15.4 Å². The van der Waals surface area contributed by atoms with Gasteiger partial charge < -0.3 is 15.4 Å². The highest BCUT2D eigenvalue weighted by molar-refractivity contribution is 6.29. The number of hydrogen-bond acceptors (Lipinski definition) is 4. The zero-order valence-electron chi connectivity index (χ0n) is 11.1. The van der Waals surface area contributed by atoms with Gasteiger partial charge in [0.25, 0.3) is 0 Å². The molecule has 1 saturated heterocycles. The third kappa shape index (κ3) is 3.58. The number of aryl methyl sites for hydroxylation is 1. The van der Waals surface area contributed by atoms with Crippen molar-refractivity contribution in [3.8, 4) is 5.88 Å². The van der Waals surface area contributed by atoms with Crippen molar-refractivity contribution in [2.24, 2.45) is 0 Å². The maximum absolute atomic E-state index is 11.1. The Morgan fingerprint density at radius 1 is 1.63 bits per heavy atom. The van der Waals surface area contributed by atoms with Gasteiger partial charge in [0.05, 0.1) is 7.11 Å². The van der Waals surface area contributed by atoms with Gasteiger partial charge in [0.1, 0.15) is 5.15 Å². The molecular formula is C13H18ClN3O2. The van der Waals surface area contributed by atoms with Crippen molar-refractivity contribution in [3.63, 3.8) is 0 Å². The van der Waals surface area contributed by atoms with Crippen LogP contribution in [-0.4, -0.2) is 30.6 Å². The third-order valence-electron chi connectivity index (χ3n) is 3.25. The van der Waals surface area contributed by atoms with Crippen LogP contribution in [0.3, 0.4) is 0 Å². The molecule has 5 nitrogen and oxygen atoms in total. The molecule has 0 spiro atoms. The van der Waals surface area contributed by atoms with E-state index < -0.39 is 0 Å². The summed E-state index contributed by atoms with van der Waals surface area (Å²) in [5, 5.41) is 6.68. The first-order valence-electron chi connectivity index (χ1n) is 6.30. The van der Waals surface area contributed by atoms with Crippen molar-refractivity contribution in [3.05, 3.63) is 22.3 Å². The number of methoxy groups -OCH3 is 1. The van der Waals surface area contributed by atoms with Crippen molar-refractivity contribution in [2.45, 2.75) is 32.4 Å². The summed E-state index contributed by atoms with van der Waals surface area (Å²) in [6.07, 6.45) is 1.51. The van der Waals surface area contributed by atoms with Gasteiger partial charge in [-0.1, -0.05) is 11.6 Å². The van der Waals surface area contributed by atoms with E-state index in [0.717, 1.165) is 24.1 Å². The van der Waals surface area contributed by atoms with Crippen LogP contribution in [0.25, 0.3) is 0 Å². The highest BCUT2D eigenvalue weighted by atomic mass is 35.5. The van der Waals surface area contributed by atoms with E-state index in [1.54, 1.807) is 7.11 Å². The van der Waals surface area contributed by atoms with E-state index in [0.29, 0.717) is 24.0 Å². The summed E-state index contributed by atoms with van der Waals surface area (Å²) >= 11 is 5.90. The molecule has 104 valence electrons. The molecule has 2 heterocycles. The second kappa shape index (κ2) is 6.21. The fourth-order valence-electron chi connectivity index (χ4n) is 2.22. The summed E-state index contributed by atoms with van der Waals surface area (Å²) < 4.78 is 5.24. The first-order chi connectivity index (χ1) is 9.10. The first kappa shape index (κ1) is 14.1. The molecule has 1 amide bonds. The Kier molecular flexibility index (Phi) is 4.61. The van der Waals surface area contributed by atoms with Crippen molar-refractivity contribution in [1.82, 2.24) is 15.6 Å². The van der Waals surface area contributed by atoms with E-state index in [1.165, 1.54) is 0 Å². The Morgan fingerprint density at radius 3 is 3.05 bits per heavy atom. The second-order valence-electron chi connectivity index (χ2n) is 4.68. The number of amides is 1. The molecule has 0 saturated carbocycles. The number of aromatic nitrogens is 1. The van der Waals surface area contributed by atoms with Gasteiger partial charge in [0.15, 0.2) is 0 Å². The topological polar surface area (TPSA) is 63.2 Å². The Hall–Kier alpha value is -1.33.